The molecule has 3 N–H and O–H groups in total. The van der Waals surface area contributed by atoms with E-state index in [1.807, 2.05) is 6.07 Å². The summed E-state index contributed by atoms with van der Waals surface area (Å²) in [6.45, 7) is 4.61. The summed E-state index contributed by atoms with van der Waals surface area (Å²) < 4.78 is 14.7. The molecule has 2 aliphatic heterocycles. The third kappa shape index (κ3) is 3.54. The van der Waals surface area contributed by atoms with Crippen LogP contribution in [0.15, 0.2) is 36.7 Å². The van der Waals surface area contributed by atoms with Gasteiger partial charge in [-0.2, -0.15) is 5.10 Å². The molecule has 7 nitrogen and oxygen atoms in total. The van der Waals surface area contributed by atoms with Crippen LogP contribution in [0.3, 0.4) is 0 Å². The van der Waals surface area contributed by atoms with E-state index in [-0.39, 0.29) is 22.4 Å². The lowest BCUT2D eigenvalue weighted by Crippen LogP contribution is -2.58. The second-order valence-corrected chi connectivity index (χ2v) is 9.53. The van der Waals surface area contributed by atoms with Gasteiger partial charge < -0.3 is 15.3 Å². The molecule has 0 aliphatic carbocycles. The molecule has 2 aromatic heterocycles. The van der Waals surface area contributed by atoms with E-state index in [4.69, 9.17) is 0 Å². The number of aromatic amines is 1. The van der Waals surface area contributed by atoms with E-state index in [0.717, 1.165) is 18.7 Å². The summed E-state index contributed by atoms with van der Waals surface area (Å²) in [7, 11) is 2.06. The molecule has 1 aromatic carbocycles. The van der Waals surface area contributed by atoms with E-state index in [0.29, 0.717) is 22.9 Å². The maximum atomic E-state index is 14.7. The Morgan fingerprint density at radius 3 is 2.45 bits per heavy atom. The van der Waals surface area contributed by atoms with Crippen LogP contribution in [0, 0.1) is 5.82 Å². The van der Waals surface area contributed by atoms with Crippen LogP contribution in [0.2, 0.25) is 0 Å². The number of nitrogens with zero attached hydrogens (tertiary/aromatic N) is 4. The fourth-order valence-corrected chi connectivity index (χ4v) is 5.33. The van der Waals surface area contributed by atoms with Crippen LogP contribution >= 0.6 is 0 Å². The molecule has 2 bridgehead atoms. The van der Waals surface area contributed by atoms with Crippen LogP contribution in [-0.4, -0.2) is 49.7 Å². The molecule has 162 valence electrons. The van der Waals surface area contributed by atoms with Gasteiger partial charge in [0.05, 0.1) is 11.9 Å². The summed E-state index contributed by atoms with van der Waals surface area (Å²) in [4.78, 5) is 2.20. The Morgan fingerprint density at radius 1 is 1.10 bits per heavy atom. The van der Waals surface area contributed by atoms with Gasteiger partial charge in [0.15, 0.2) is 5.82 Å². The fraction of sp³-hybridized carbons (Fsp3) is 0.435. The highest BCUT2D eigenvalue weighted by atomic mass is 19.1. The standard InChI is InChI=1S/C23H27FN6O/c1-22-6-7-23(2,29-22)11-15(10-22)30(3)21-5-4-19(27-28-21)17-8-18(24)16(9-20(17)31)14-12-25-26-13-14/h4-5,8-9,12-13,15,29,31H,6-7,10-11H2,1-3H3,(H,25,26)/t15-,22-,23+. The molecule has 0 unspecified atom stereocenters. The number of anilines is 1. The van der Waals surface area contributed by atoms with Gasteiger partial charge in [-0.3, -0.25) is 5.10 Å². The minimum atomic E-state index is -0.455. The van der Waals surface area contributed by atoms with Gasteiger partial charge >= 0.3 is 0 Å². The lowest BCUT2D eigenvalue weighted by molar-refractivity contribution is 0.207. The third-order valence-corrected chi connectivity index (χ3v) is 6.93. The first-order valence-corrected chi connectivity index (χ1v) is 10.6. The van der Waals surface area contributed by atoms with Crippen LogP contribution in [0.25, 0.3) is 22.4 Å². The van der Waals surface area contributed by atoms with Gasteiger partial charge in [0.25, 0.3) is 0 Å². The number of nitrogens with one attached hydrogen (secondary N) is 2. The normalized spacial score (nSPS) is 27.4. The van der Waals surface area contributed by atoms with E-state index < -0.39 is 5.82 Å². The maximum Gasteiger partial charge on any atom is 0.151 e. The van der Waals surface area contributed by atoms with Crippen LogP contribution in [0.4, 0.5) is 10.2 Å². The van der Waals surface area contributed by atoms with Gasteiger partial charge in [0, 0.05) is 47.1 Å². The van der Waals surface area contributed by atoms with Crippen molar-refractivity contribution in [1.82, 2.24) is 25.7 Å². The number of aromatic nitrogens is 4. The van der Waals surface area contributed by atoms with Gasteiger partial charge in [-0.05, 0) is 63.8 Å². The van der Waals surface area contributed by atoms with Crippen molar-refractivity contribution in [3.8, 4) is 28.1 Å². The molecule has 2 aliphatic rings. The molecule has 2 fully saturated rings. The van der Waals surface area contributed by atoms with E-state index >= 15 is 0 Å². The van der Waals surface area contributed by atoms with Crippen molar-refractivity contribution >= 4 is 5.82 Å². The monoisotopic (exact) mass is 422 g/mol. The first-order chi connectivity index (χ1) is 14.8. The smallest absolute Gasteiger partial charge is 0.151 e. The van der Waals surface area contributed by atoms with E-state index in [2.05, 4.69) is 51.5 Å². The van der Waals surface area contributed by atoms with Gasteiger partial charge in [0.2, 0.25) is 0 Å². The van der Waals surface area contributed by atoms with Crippen molar-refractivity contribution in [2.75, 3.05) is 11.9 Å². The second kappa shape index (κ2) is 7.02. The summed E-state index contributed by atoms with van der Waals surface area (Å²) in [6.07, 6.45) is 7.59. The Balaban J connectivity index is 1.39. The topological polar surface area (TPSA) is 90.0 Å². The molecule has 4 heterocycles. The van der Waals surface area contributed by atoms with Crippen LogP contribution < -0.4 is 10.2 Å². The number of phenolic OH excluding ortho intramolecular Hbond substituents is 1. The Kier molecular flexibility index (Phi) is 4.51. The highest BCUT2D eigenvalue weighted by Crippen LogP contribution is 2.44. The fourth-order valence-electron chi connectivity index (χ4n) is 5.33. The Hall–Kier alpha value is -3.00. The minimum Gasteiger partial charge on any atom is -0.507 e. The van der Waals surface area contributed by atoms with E-state index in [1.54, 1.807) is 12.3 Å². The zero-order valence-corrected chi connectivity index (χ0v) is 18.0. The van der Waals surface area contributed by atoms with Crippen LogP contribution in [0.1, 0.15) is 39.5 Å². The summed E-state index contributed by atoms with van der Waals surface area (Å²) in [5, 5.41) is 29.5. The van der Waals surface area contributed by atoms with Gasteiger partial charge in [-0.25, -0.2) is 4.39 Å². The van der Waals surface area contributed by atoms with Gasteiger partial charge in [-0.1, -0.05) is 0 Å². The lowest BCUT2D eigenvalue weighted by Gasteiger charge is -2.45. The molecule has 0 amide bonds. The van der Waals surface area contributed by atoms with Gasteiger partial charge in [-0.15, -0.1) is 10.2 Å². The largest absolute Gasteiger partial charge is 0.507 e. The summed E-state index contributed by atoms with van der Waals surface area (Å²) in [5.74, 6) is 0.268. The highest BCUT2D eigenvalue weighted by molar-refractivity contribution is 5.74. The number of halogens is 1. The predicted octanol–water partition coefficient (Wildman–Crippen LogP) is 3.88. The summed E-state index contributed by atoms with van der Waals surface area (Å²) in [5.41, 5.74) is 1.92. The molecular weight excluding hydrogens is 395 g/mol. The second-order valence-electron chi connectivity index (χ2n) is 9.53. The molecule has 2 saturated heterocycles. The minimum absolute atomic E-state index is 0.0521. The Labute approximate surface area is 180 Å². The van der Waals surface area contributed by atoms with Crippen molar-refractivity contribution in [2.24, 2.45) is 0 Å². The molecular formula is C23H27FN6O. The SMILES string of the molecule is CN(c1ccc(-c2cc(F)c(-c3cn[nH]c3)cc2O)nn1)[C@H]1C[C@]2(C)CC[C@](C)(C1)N2. The summed E-state index contributed by atoms with van der Waals surface area (Å²) in [6, 6.07) is 6.72. The summed E-state index contributed by atoms with van der Waals surface area (Å²) >= 11 is 0. The number of benzene rings is 1. The maximum absolute atomic E-state index is 14.7. The van der Waals surface area contributed by atoms with Crippen LogP contribution in [0.5, 0.6) is 5.75 Å². The zero-order valence-electron chi connectivity index (χ0n) is 18.0. The number of H-pyrrole nitrogens is 1. The van der Waals surface area contributed by atoms with E-state index in [9.17, 15) is 9.50 Å². The van der Waals surface area contributed by atoms with Crippen molar-refractivity contribution in [1.29, 1.82) is 0 Å². The number of piperidine rings is 1. The first kappa shape index (κ1) is 19.9. The highest BCUT2D eigenvalue weighted by Gasteiger charge is 2.49. The lowest BCUT2D eigenvalue weighted by atomic mass is 9.84. The average molecular weight is 423 g/mol. The molecule has 3 atom stereocenters. The number of fused-ring (bicyclic) bond motifs is 2. The van der Waals surface area contributed by atoms with Crippen molar-refractivity contribution in [3.63, 3.8) is 0 Å². The van der Waals surface area contributed by atoms with Crippen molar-refractivity contribution in [2.45, 2.75) is 56.7 Å². The number of rotatable bonds is 4. The number of hydrogen-bond acceptors (Lipinski definition) is 6. The molecule has 31 heavy (non-hydrogen) atoms. The third-order valence-electron chi connectivity index (χ3n) is 6.93. The molecule has 0 saturated carbocycles. The van der Waals surface area contributed by atoms with Gasteiger partial charge in [0.1, 0.15) is 11.6 Å². The number of phenols is 1. The zero-order chi connectivity index (χ0) is 21.8. The van der Waals surface area contributed by atoms with Crippen molar-refractivity contribution < 1.29 is 9.50 Å². The molecule has 5 rings (SSSR count). The Bertz CT molecular complexity index is 1080. The first-order valence-electron chi connectivity index (χ1n) is 10.6. The van der Waals surface area contributed by atoms with E-state index in [1.165, 1.54) is 31.2 Å². The van der Waals surface area contributed by atoms with Crippen molar-refractivity contribution in [3.05, 3.63) is 42.5 Å². The number of hydrogen-bond donors (Lipinski definition) is 3. The van der Waals surface area contributed by atoms with Crippen LogP contribution in [-0.2, 0) is 0 Å². The average Bonchev–Trinajstić information content (AvgIpc) is 3.34. The Morgan fingerprint density at radius 2 is 1.84 bits per heavy atom. The quantitative estimate of drug-likeness (QED) is 0.591. The molecule has 3 aromatic rings. The molecule has 0 radical (unpaired) electrons. The molecule has 0 spiro atoms. The predicted molar refractivity (Wildman–Crippen MR) is 117 cm³/mol. The molecule has 8 heteroatoms. The number of aromatic hydroxyl groups is 1.